The van der Waals surface area contributed by atoms with E-state index in [9.17, 15) is 0 Å². The highest BCUT2D eigenvalue weighted by Crippen LogP contribution is 2.38. The summed E-state index contributed by atoms with van der Waals surface area (Å²) in [7, 11) is 4.21. The Labute approximate surface area is 123 Å². The predicted octanol–water partition coefficient (Wildman–Crippen LogP) is 2.63. The van der Waals surface area contributed by atoms with E-state index in [1.807, 2.05) is 11.7 Å². The van der Waals surface area contributed by atoms with Gasteiger partial charge in [0.2, 0.25) is 0 Å². The molecule has 1 atom stereocenters. The van der Waals surface area contributed by atoms with Crippen LogP contribution in [0.1, 0.15) is 56.8 Å². The highest BCUT2D eigenvalue weighted by molar-refractivity contribution is 5.21. The molecule has 0 radical (unpaired) electrons. The van der Waals surface area contributed by atoms with Crippen LogP contribution in [0, 0.1) is 12.3 Å². The molecule has 1 aliphatic rings. The SMILES string of the molecule is Cc1nn(C)cc1C(CN)N(C)C1CCC(C)(C)CC1. The molecule has 4 nitrogen and oxygen atoms in total. The van der Waals surface area contributed by atoms with Crippen LogP contribution in [-0.2, 0) is 7.05 Å². The van der Waals surface area contributed by atoms with Gasteiger partial charge < -0.3 is 5.73 Å². The zero-order valence-corrected chi connectivity index (χ0v) is 13.7. The Morgan fingerprint density at radius 1 is 1.45 bits per heavy atom. The lowest BCUT2D eigenvalue weighted by molar-refractivity contribution is 0.0964. The van der Waals surface area contributed by atoms with E-state index in [0.717, 1.165) is 5.69 Å². The number of hydrogen-bond donors (Lipinski definition) is 1. The first-order valence-corrected chi connectivity index (χ1v) is 7.76. The molecule has 1 aromatic heterocycles. The quantitative estimate of drug-likeness (QED) is 0.921. The van der Waals surface area contributed by atoms with Gasteiger partial charge in [0.15, 0.2) is 0 Å². The summed E-state index contributed by atoms with van der Waals surface area (Å²) in [5.74, 6) is 0. The molecule has 0 saturated heterocycles. The van der Waals surface area contributed by atoms with E-state index in [1.165, 1.54) is 31.2 Å². The minimum atomic E-state index is 0.287. The van der Waals surface area contributed by atoms with Crippen LogP contribution in [-0.4, -0.2) is 34.3 Å². The number of likely N-dealkylation sites (N-methyl/N-ethyl adjacent to an activating group) is 1. The minimum absolute atomic E-state index is 0.287. The van der Waals surface area contributed by atoms with Crippen LogP contribution >= 0.6 is 0 Å². The van der Waals surface area contributed by atoms with Crippen LogP contribution in [0.25, 0.3) is 0 Å². The van der Waals surface area contributed by atoms with Crippen LogP contribution in [0.2, 0.25) is 0 Å². The number of nitrogens with two attached hydrogens (primary N) is 1. The molecule has 2 N–H and O–H groups in total. The zero-order valence-electron chi connectivity index (χ0n) is 13.7. The lowest BCUT2D eigenvalue weighted by Gasteiger charge is -2.41. The third-order valence-corrected chi connectivity index (χ3v) is 5.01. The van der Waals surface area contributed by atoms with Crippen molar-refractivity contribution < 1.29 is 0 Å². The average molecular weight is 278 g/mol. The largest absolute Gasteiger partial charge is 0.329 e. The highest BCUT2D eigenvalue weighted by Gasteiger charge is 2.32. The number of hydrogen-bond acceptors (Lipinski definition) is 3. The summed E-state index contributed by atoms with van der Waals surface area (Å²) in [5.41, 5.74) is 8.96. The molecule has 1 aliphatic carbocycles. The molecule has 0 amide bonds. The van der Waals surface area contributed by atoms with Crippen LogP contribution in [0.15, 0.2) is 6.20 Å². The smallest absolute Gasteiger partial charge is 0.0641 e. The molecule has 20 heavy (non-hydrogen) atoms. The second-order valence-electron chi connectivity index (χ2n) is 7.16. The van der Waals surface area contributed by atoms with Gasteiger partial charge in [0.25, 0.3) is 0 Å². The summed E-state index contributed by atoms with van der Waals surface area (Å²) < 4.78 is 1.89. The lowest BCUT2D eigenvalue weighted by atomic mass is 9.75. The molecular formula is C16H30N4. The maximum Gasteiger partial charge on any atom is 0.0641 e. The van der Waals surface area contributed by atoms with E-state index in [4.69, 9.17) is 5.73 Å². The average Bonchev–Trinajstić information content (AvgIpc) is 2.69. The first-order valence-electron chi connectivity index (χ1n) is 7.76. The molecule has 114 valence electrons. The molecule has 1 fully saturated rings. The van der Waals surface area contributed by atoms with Gasteiger partial charge in [0, 0.05) is 31.4 Å². The fraction of sp³-hybridized carbons (Fsp3) is 0.812. The third kappa shape index (κ3) is 3.23. The number of rotatable bonds is 4. The molecule has 1 saturated carbocycles. The molecular weight excluding hydrogens is 248 g/mol. The number of aryl methyl sites for hydroxylation is 2. The summed E-state index contributed by atoms with van der Waals surface area (Å²) in [4.78, 5) is 2.49. The van der Waals surface area contributed by atoms with Gasteiger partial charge in [-0.05, 0) is 45.1 Å². The Bertz CT molecular complexity index is 439. The van der Waals surface area contributed by atoms with Crippen LogP contribution in [0.5, 0.6) is 0 Å². The summed E-state index contributed by atoms with van der Waals surface area (Å²) in [6, 6.07) is 0.936. The van der Waals surface area contributed by atoms with Crippen molar-refractivity contribution in [3.8, 4) is 0 Å². The van der Waals surface area contributed by atoms with E-state index in [-0.39, 0.29) is 6.04 Å². The van der Waals surface area contributed by atoms with Crippen molar-refractivity contribution in [3.63, 3.8) is 0 Å². The van der Waals surface area contributed by atoms with Gasteiger partial charge >= 0.3 is 0 Å². The molecule has 0 aliphatic heterocycles. The summed E-state index contributed by atoms with van der Waals surface area (Å²) in [6.45, 7) is 7.50. The van der Waals surface area contributed by atoms with Crippen molar-refractivity contribution in [2.45, 2.75) is 58.5 Å². The van der Waals surface area contributed by atoms with Crippen molar-refractivity contribution in [2.75, 3.05) is 13.6 Å². The van der Waals surface area contributed by atoms with Gasteiger partial charge in [-0.3, -0.25) is 9.58 Å². The van der Waals surface area contributed by atoms with Gasteiger partial charge in [-0.1, -0.05) is 13.8 Å². The highest BCUT2D eigenvalue weighted by atomic mass is 15.3. The van der Waals surface area contributed by atoms with Crippen molar-refractivity contribution >= 4 is 0 Å². The first kappa shape index (κ1) is 15.5. The Morgan fingerprint density at radius 2 is 2.05 bits per heavy atom. The third-order valence-electron chi connectivity index (χ3n) is 5.01. The zero-order chi connectivity index (χ0) is 14.9. The fourth-order valence-corrected chi connectivity index (χ4v) is 3.50. The van der Waals surface area contributed by atoms with Gasteiger partial charge in [0.1, 0.15) is 0 Å². The summed E-state index contributed by atoms with van der Waals surface area (Å²) in [5, 5.41) is 4.46. The maximum atomic E-state index is 6.07. The Balaban J connectivity index is 2.10. The van der Waals surface area contributed by atoms with Crippen molar-refractivity contribution in [2.24, 2.45) is 18.2 Å². The minimum Gasteiger partial charge on any atom is -0.329 e. The Hall–Kier alpha value is -0.870. The number of nitrogens with zero attached hydrogens (tertiary/aromatic N) is 3. The van der Waals surface area contributed by atoms with Crippen molar-refractivity contribution in [3.05, 3.63) is 17.5 Å². The molecule has 1 heterocycles. The second-order valence-corrected chi connectivity index (χ2v) is 7.16. The van der Waals surface area contributed by atoms with E-state index in [0.29, 0.717) is 18.0 Å². The second kappa shape index (κ2) is 5.86. The molecule has 0 spiro atoms. The lowest BCUT2D eigenvalue weighted by Crippen LogP contribution is -2.41. The Kier molecular flexibility index (Phi) is 4.55. The molecule has 0 bridgehead atoms. The van der Waals surface area contributed by atoms with Crippen LogP contribution in [0.4, 0.5) is 0 Å². The number of aromatic nitrogens is 2. The molecule has 4 heteroatoms. The first-order chi connectivity index (χ1) is 9.34. The molecule has 1 aromatic rings. The van der Waals surface area contributed by atoms with Crippen molar-refractivity contribution in [1.29, 1.82) is 0 Å². The van der Waals surface area contributed by atoms with E-state index in [2.05, 4.69) is 44.0 Å². The predicted molar refractivity (Wildman–Crippen MR) is 83.5 cm³/mol. The van der Waals surface area contributed by atoms with Crippen LogP contribution in [0.3, 0.4) is 0 Å². The normalized spacial score (nSPS) is 21.4. The molecule has 0 aromatic carbocycles. The van der Waals surface area contributed by atoms with E-state index in [1.54, 1.807) is 0 Å². The van der Waals surface area contributed by atoms with Gasteiger partial charge in [-0.2, -0.15) is 5.10 Å². The van der Waals surface area contributed by atoms with Crippen molar-refractivity contribution in [1.82, 2.24) is 14.7 Å². The summed E-state index contributed by atoms with van der Waals surface area (Å²) in [6.07, 6.45) is 7.30. The van der Waals surface area contributed by atoms with E-state index >= 15 is 0 Å². The standard InChI is InChI=1S/C16H30N4/c1-12-14(11-19(4)18-12)15(10-17)20(5)13-6-8-16(2,3)9-7-13/h11,13,15H,6-10,17H2,1-5H3. The van der Waals surface area contributed by atoms with Gasteiger partial charge in [0.05, 0.1) is 11.7 Å². The van der Waals surface area contributed by atoms with Gasteiger partial charge in [-0.25, -0.2) is 0 Å². The van der Waals surface area contributed by atoms with E-state index < -0.39 is 0 Å². The molecule has 1 unspecified atom stereocenters. The van der Waals surface area contributed by atoms with Crippen LogP contribution < -0.4 is 5.73 Å². The maximum absolute atomic E-state index is 6.07. The Morgan fingerprint density at radius 3 is 2.50 bits per heavy atom. The summed E-state index contributed by atoms with van der Waals surface area (Å²) >= 11 is 0. The topological polar surface area (TPSA) is 47.1 Å². The fourth-order valence-electron chi connectivity index (χ4n) is 3.50. The molecule has 2 rings (SSSR count). The van der Waals surface area contributed by atoms with Gasteiger partial charge in [-0.15, -0.1) is 0 Å². The monoisotopic (exact) mass is 278 g/mol.